The molecular weight excluding hydrogens is 414 g/mol. The van der Waals surface area contributed by atoms with Crippen molar-refractivity contribution in [3.63, 3.8) is 0 Å². The molecule has 0 unspecified atom stereocenters. The zero-order valence-electron chi connectivity index (χ0n) is 16.9. The average molecular weight is 436 g/mol. The highest BCUT2D eigenvalue weighted by molar-refractivity contribution is 7.14. The number of hydrogen-bond donors (Lipinski definition) is 2. The van der Waals surface area contributed by atoms with Crippen LogP contribution in [-0.2, 0) is 27.2 Å². The van der Waals surface area contributed by atoms with E-state index in [1.54, 1.807) is 12.1 Å². The number of rotatable bonds is 6. The SMILES string of the molecule is CC(=O)NCCc1ccc(-c2csc(NC(=O)[C@H]3Cc4ccccc4C(=O)O3)n2)cc1. The van der Waals surface area contributed by atoms with Crippen LogP contribution < -0.4 is 10.6 Å². The van der Waals surface area contributed by atoms with E-state index in [4.69, 9.17) is 4.74 Å². The molecule has 1 aliphatic rings. The Bertz CT molecular complexity index is 1120. The van der Waals surface area contributed by atoms with E-state index in [-0.39, 0.29) is 5.91 Å². The third-order valence-corrected chi connectivity index (χ3v) is 5.71. The van der Waals surface area contributed by atoms with Gasteiger partial charge < -0.3 is 10.1 Å². The fourth-order valence-corrected chi connectivity index (χ4v) is 4.08. The number of ether oxygens (including phenoxy) is 1. The molecule has 1 aromatic heterocycles. The Morgan fingerprint density at radius 3 is 2.71 bits per heavy atom. The van der Waals surface area contributed by atoms with Gasteiger partial charge in [-0.2, -0.15) is 0 Å². The quantitative estimate of drug-likeness (QED) is 0.580. The minimum atomic E-state index is -0.877. The molecule has 31 heavy (non-hydrogen) atoms. The van der Waals surface area contributed by atoms with E-state index in [2.05, 4.69) is 15.6 Å². The zero-order valence-corrected chi connectivity index (χ0v) is 17.7. The molecule has 1 aliphatic heterocycles. The van der Waals surface area contributed by atoms with Crippen LogP contribution in [0.4, 0.5) is 5.13 Å². The number of esters is 1. The van der Waals surface area contributed by atoms with Crippen molar-refractivity contribution in [2.45, 2.75) is 25.9 Å². The summed E-state index contributed by atoms with van der Waals surface area (Å²) in [6.07, 6.45) is 0.213. The van der Waals surface area contributed by atoms with E-state index in [9.17, 15) is 14.4 Å². The van der Waals surface area contributed by atoms with E-state index < -0.39 is 18.0 Å². The minimum absolute atomic E-state index is 0.0409. The van der Waals surface area contributed by atoms with Gasteiger partial charge in [0.25, 0.3) is 5.91 Å². The predicted octanol–water partition coefficient (Wildman–Crippen LogP) is 3.21. The second-order valence-corrected chi connectivity index (χ2v) is 8.07. The number of anilines is 1. The summed E-state index contributed by atoms with van der Waals surface area (Å²) < 4.78 is 5.30. The van der Waals surface area contributed by atoms with Crippen molar-refractivity contribution in [3.05, 3.63) is 70.6 Å². The normalized spacial score (nSPS) is 15.0. The van der Waals surface area contributed by atoms with Crippen molar-refractivity contribution in [2.75, 3.05) is 11.9 Å². The summed E-state index contributed by atoms with van der Waals surface area (Å²) in [5.41, 5.74) is 4.10. The molecule has 2 heterocycles. The van der Waals surface area contributed by atoms with Crippen LogP contribution in [0.2, 0.25) is 0 Å². The number of amides is 2. The van der Waals surface area contributed by atoms with Gasteiger partial charge in [-0.05, 0) is 23.6 Å². The van der Waals surface area contributed by atoms with Crippen LogP contribution in [0.25, 0.3) is 11.3 Å². The van der Waals surface area contributed by atoms with Crippen LogP contribution in [-0.4, -0.2) is 35.4 Å². The lowest BCUT2D eigenvalue weighted by Crippen LogP contribution is -2.37. The van der Waals surface area contributed by atoms with Crippen LogP contribution in [0.5, 0.6) is 0 Å². The van der Waals surface area contributed by atoms with Gasteiger partial charge in [-0.25, -0.2) is 9.78 Å². The maximum atomic E-state index is 12.6. The first-order valence-electron chi connectivity index (χ1n) is 9.88. The standard InChI is InChI=1S/C23H21N3O4S/c1-14(27)24-11-10-15-6-8-16(9-7-15)19-13-31-23(25-19)26-21(28)20-12-17-4-2-3-5-18(17)22(29)30-20/h2-9,13,20H,10-12H2,1H3,(H,24,27)(H,25,26,28)/t20-/m1/s1. The number of nitrogens with zero attached hydrogens (tertiary/aromatic N) is 1. The molecule has 0 saturated carbocycles. The Hall–Kier alpha value is -3.52. The van der Waals surface area contributed by atoms with Crippen LogP contribution >= 0.6 is 11.3 Å². The molecule has 2 aromatic carbocycles. The fourth-order valence-electron chi connectivity index (χ4n) is 3.35. The molecular formula is C23H21N3O4S. The smallest absolute Gasteiger partial charge is 0.339 e. The molecule has 0 bridgehead atoms. The van der Waals surface area contributed by atoms with Crippen molar-refractivity contribution in [1.82, 2.24) is 10.3 Å². The van der Waals surface area contributed by atoms with Crippen LogP contribution in [0.1, 0.15) is 28.4 Å². The Kier molecular flexibility index (Phi) is 6.08. The first-order chi connectivity index (χ1) is 15.0. The number of aromatic nitrogens is 1. The van der Waals surface area contributed by atoms with Gasteiger partial charge in [0.1, 0.15) is 0 Å². The molecule has 0 fully saturated rings. The van der Waals surface area contributed by atoms with Crippen LogP contribution in [0.3, 0.4) is 0 Å². The molecule has 0 radical (unpaired) electrons. The number of fused-ring (bicyclic) bond motifs is 1. The molecule has 0 saturated heterocycles. The topological polar surface area (TPSA) is 97.4 Å². The van der Waals surface area contributed by atoms with E-state index in [1.807, 2.05) is 41.8 Å². The first kappa shape index (κ1) is 20.7. The van der Waals surface area contributed by atoms with Gasteiger partial charge in [0.2, 0.25) is 5.91 Å². The second-order valence-electron chi connectivity index (χ2n) is 7.21. The van der Waals surface area contributed by atoms with Gasteiger partial charge in [-0.15, -0.1) is 11.3 Å². The zero-order chi connectivity index (χ0) is 21.8. The second kappa shape index (κ2) is 9.09. The van der Waals surface area contributed by atoms with Crippen molar-refractivity contribution in [3.8, 4) is 11.3 Å². The molecule has 158 valence electrons. The molecule has 8 heteroatoms. The van der Waals surface area contributed by atoms with Crippen molar-refractivity contribution in [1.29, 1.82) is 0 Å². The lowest BCUT2D eigenvalue weighted by Gasteiger charge is -2.23. The van der Waals surface area contributed by atoms with Crippen LogP contribution in [0, 0.1) is 0 Å². The predicted molar refractivity (Wildman–Crippen MR) is 118 cm³/mol. The molecule has 4 rings (SSSR count). The maximum Gasteiger partial charge on any atom is 0.339 e. The maximum absolute atomic E-state index is 12.6. The number of hydrogen-bond acceptors (Lipinski definition) is 6. The Morgan fingerprint density at radius 2 is 1.94 bits per heavy atom. The highest BCUT2D eigenvalue weighted by atomic mass is 32.1. The minimum Gasteiger partial charge on any atom is -0.448 e. The van der Waals surface area contributed by atoms with Gasteiger partial charge in [0.15, 0.2) is 11.2 Å². The van der Waals surface area contributed by atoms with E-state index in [1.165, 1.54) is 18.3 Å². The Labute approximate surface area is 183 Å². The highest BCUT2D eigenvalue weighted by Gasteiger charge is 2.31. The molecule has 2 amide bonds. The number of carbonyl (C=O) groups is 3. The van der Waals surface area contributed by atoms with Crippen molar-refractivity contribution < 1.29 is 19.1 Å². The van der Waals surface area contributed by atoms with Crippen LogP contribution in [0.15, 0.2) is 53.9 Å². The highest BCUT2D eigenvalue weighted by Crippen LogP contribution is 2.26. The molecule has 3 aromatic rings. The fraction of sp³-hybridized carbons (Fsp3) is 0.217. The van der Waals surface area contributed by atoms with Gasteiger partial charge in [0.05, 0.1) is 11.3 Å². The van der Waals surface area contributed by atoms with Crippen molar-refractivity contribution >= 4 is 34.3 Å². The summed E-state index contributed by atoms with van der Waals surface area (Å²) in [4.78, 5) is 40.2. The summed E-state index contributed by atoms with van der Waals surface area (Å²) in [5, 5.41) is 7.84. The summed E-state index contributed by atoms with van der Waals surface area (Å²) in [7, 11) is 0. The molecule has 1 atom stereocenters. The number of carbonyl (C=O) groups excluding carboxylic acids is 3. The Morgan fingerprint density at radius 1 is 1.16 bits per heavy atom. The largest absolute Gasteiger partial charge is 0.448 e. The number of nitrogens with one attached hydrogen (secondary N) is 2. The lowest BCUT2D eigenvalue weighted by atomic mass is 9.98. The average Bonchev–Trinajstić information content (AvgIpc) is 3.22. The number of thiazole rings is 1. The van der Waals surface area contributed by atoms with E-state index in [0.29, 0.717) is 23.7 Å². The molecule has 2 N–H and O–H groups in total. The number of cyclic esters (lactones) is 1. The summed E-state index contributed by atoms with van der Waals surface area (Å²) >= 11 is 1.31. The molecule has 0 spiro atoms. The summed E-state index contributed by atoms with van der Waals surface area (Å²) in [6.45, 7) is 2.09. The van der Waals surface area contributed by atoms with Crippen molar-refractivity contribution in [2.24, 2.45) is 0 Å². The third kappa shape index (κ3) is 4.97. The molecule has 7 nitrogen and oxygen atoms in total. The van der Waals surface area contributed by atoms with Gasteiger partial charge in [0, 0.05) is 30.8 Å². The monoisotopic (exact) mass is 435 g/mol. The first-order valence-corrected chi connectivity index (χ1v) is 10.8. The van der Waals surface area contributed by atoms with E-state index in [0.717, 1.165) is 28.8 Å². The van der Waals surface area contributed by atoms with Gasteiger partial charge in [-0.3, -0.25) is 14.9 Å². The third-order valence-electron chi connectivity index (χ3n) is 4.96. The van der Waals surface area contributed by atoms with Gasteiger partial charge in [-0.1, -0.05) is 42.5 Å². The van der Waals surface area contributed by atoms with Gasteiger partial charge >= 0.3 is 5.97 Å². The lowest BCUT2D eigenvalue weighted by molar-refractivity contribution is -0.125. The molecule has 0 aliphatic carbocycles. The van der Waals surface area contributed by atoms with E-state index >= 15 is 0 Å². The Balaban J connectivity index is 1.37. The summed E-state index contributed by atoms with van der Waals surface area (Å²) in [5.74, 6) is -0.918. The number of benzene rings is 2. The summed E-state index contributed by atoms with van der Waals surface area (Å²) in [6, 6.07) is 15.0.